The molecule has 5 nitrogen and oxygen atoms in total. The highest BCUT2D eigenvalue weighted by atomic mass is 32.1. The SMILES string of the molecule is CC(NCc1cnc(C2CCC2)s1)c1noc(-c2ccccc2)n1. The minimum atomic E-state index is 0.0282. The largest absolute Gasteiger partial charge is 0.334 e. The second-order valence-corrected chi connectivity index (χ2v) is 7.37. The van der Waals surface area contributed by atoms with Crippen LogP contribution in [0.4, 0.5) is 0 Å². The second kappa shape index (κ2) is 6.83. The molecule has 6 heteroatoms. The molecule has 24 heavy (non-hydrogen) atoms. The van der Waals surface area contributed by atoms with Crippen LogP contribution >= 0.6 is 11.3 Å². The molecule has 2 heterocycles. The van der Waals surface area contributed by atoms with Crippen molar-refractivity contribution in [2.45, 2.75) is 44.7 Å². The maximum atomic E-state index is 5.37. The average molecular weight is 340 g/mol. The summed E-state index contributed by atoms with van der Waals surface area (Å²) in [5.41, 5.74) is 0.941. The third-order valence-electron chi connectivity index (χ3n) is 4.46. The van der Waals surface area contributed by atoms with E-state index in [9.17, 15) is 0 Å². The summed E-state index contributed by atoms with van der Waals surface area (Å²) in [6.07, 6.45) is 5.92. The first-order valence-corrected chi connectivity index (χ1v) is 9.18. The van der Waals surface area contributed by atoms with Crippen molar-refractivity contribution in [2.75, 3.05) is 0 Å². The minimum Gasteiger partial charge on any atom is -0.334 e. The van der Waals surface area contributed by atoms with Crippen molar-refractivity contribution in [1.82, 2.24) is 20.4 Å². The monoisotopic (exact) mass is 340 g/mol. The topological polar surface area (TPSA) is 63.8 Å². The number of nitrogens with one attached hydrogen (secondary N) is 1. The zero-order chi connectivity index (χ0) is 16.4. The molecule has 1 N–H and O–H groups in total. The van der Waals surface area contributed by atoms with Crippen LogP contribution in [-0.4, -0.2) is 15.1 Å². The summed E-state index contributed by atoms with van der Waals surface area (Å²) in [7, 11) is 0. The van der Waals surface area contributed by atoms with Gasteiger partial charge in [0, 0.05) is 29.1 Å². The Balaban J connectivity index is 1.37. The molecule has 1 aliphatic rings. The third-order valence-corrected chi connectivity index (χ3v) is 5.62. The van der Waals surface area contributed by atoms with Crippen molar-refractivity contribution in [3.05, 3.63) is 52.2 Å². The molecule has 4 rings (SSSR count). The van der Waals surface area contributed by atoms with Crippen molar-refractivity contribution in [3.8, 4) is 11.5 Å². The van der Waals surface area contributed by atoms with Gasteiger partial charge in [0.1, 0.15) is 0 Å². The molecule has 2 aromatic heterocycles. The number of aromatic nitrogens is 3. The van der Waals surface area contributed by atoms with Gasteiger partial charge in [-0.25, -0.2) is 4.98 Å². The van der Waals surface area contributed by atoms with Crippen molar-refractivity contribution in [3.63, 3.8) is 0 Å². The molecule has 0 saturated heterocycles. The summed E-state index contributed by atoms with van der Waals surface area (Å²) in [5.74, 6) is 1.94. The lowest BCUT2D eigenvalue weighted by molar-refractivity contribution is 0.409. The smallest absolute Gasteiger partial charge is 0.257 e. The fourth-order valence-electron chi connectivity index (χ4n) is 2.70. The summed E-state index contributed by atoms with van der Waals surface area (Å²) < 4.78 is 5.37. The molecule has 1 unspecified atom stereocenters. The Hall–Kier alpha value is -2.05. The van der Waals surface area contributed by atoms with E-state index >= 15 is 0 Å². The number of nitrogens with zero attached hydrogens (tertiary/aromatic N) is 3. The molecule has 0 bridgehead atoms. The van der Waals surface area contributed by atoms with Gasteiger partial charge in [0.05, 0.1) is 11.0 Å². The number of hydrogen-bond donors (Lipinski definition) is 1. The van der Waals surface area contributed by atoms with E-state index < -0.39 is 0 Å². The average Bonchev–Trinajstić information content (AvgIpc) is 3.22. The quantitative estimate of drug-likeness (QED) is 0.724. The fourth-order valence-corrected chi connectivity index (χ4v) is 3.74. The van der Waals surface area contributed by atoms with Gasteiger partial charge in [-0.3, -0.25) is 0 Å². The third kappa shape index (κ3) is 3.25. The number of rotatable bonds is 6. The highest BCUT2D eigenvalue weighted by Gasteiger charge is 2.22. The first-order chi connectivity index (χ1) is 11.8. The lowest BCUT2D eigenvalue weighted by atomic mass is 9.86. The molecular weight excluding hydrogens is 320 g/mol. The summed E-state index contributed by atoms with van der Waals surface area (Å²) in [6.45, 7) is 2.83. The molecular formula is C18H20N4OS. The molecule has 124 valence electrons. The van der Waals surface area contributed by atoms with E-state index in [4.69, 9.17) is 4.52 Å². The van der Waals surface area contributed by atoms with Crippen molar-refractivity contribution < 1.29 is 4.52 Å². The van der Waals surface area contributed by atoms with Crippen LogP contribution in [0, 0.1) is 0 Å². The highest BCUT2D eigenvalue weighted by Crippen LogP contribution is 2.38. The van der Waals surface area contributed by atoms with Gasteiger partial charge < -0.3 is 9.84 Å². The first-order valence-electron chi connectivity index (χ1n) is 8.36. The van der Waals surface area contributed by atoms with Crippen molar-refractivity contribution in [2.24, 2.45) is 0 Å². The van der Waals surface area contributed by atoms with E-state index in [2.05, 4.69) is 20.4 Å². The number of thiazole rings is 1. The van der Waals surface area contributed by atoms with E-state index in [-0.39, 0.29) is 6.04 Å². The summed E-state index contributed by atoms with van der Waals surface area (Å²) >= 11 is 1.82. The van der Waals surface area contributed by atoms with Gasteiger partial charge >= 0.3 is 0 Å². The predicted molar refractivity (Wildman–Crippen MR) is 93.7 cm³/mol. The normalized spacial score (nSPS) is 16.0. The van der Waals surface area contributed by atoms with Gasteiger partial charge in [0.25, 0.3) is 5.89 Å². The summed E-state index contributed by atoms with van der Waals surface area (Å²) in [5, 5.41) is 8.84. The van der Waals surface area contributed by atoms with E-state index in [1.54, 1.807) is 0 Å². The van der Waals surface area contributed by atoms with Gasteiger partial charge in [0.2, 0.25) is 0 Å². The standard InChI is InChI=1S/C18H20N4OS/c1-12(16-21-17(23-22-16)13-6-3-2-4-7-13)19-10-15-11-20-18(24-15)14-8-5-9-14/h2-4,6-7,11-12,14,19H,5,8-10H2,1H3. The van der Waals surface area contributed by atoms with E-state index in [0.29, 0.717) is 17.6 Å². The highest BCUT2D eigenvalue weighted by molar-refractivity contribution is 7.11. The fraction of sp³-hybridized carbons (Fsp3) is 0.389. The Morgan fingerprint density at radius 3 is 2.88 bits per heavy atom. The molecule has 1 saturated carbocycles. The molecule has 1 aliphatic carbocycles. The molecule has 0 aliphatic heterocycles. The molecule has 0 amide bonds. The number of benzene rings is 1. The van der Waals surface area contributed by atoms with Crippen LogP contribution < -0.4 is 5.32 Å². The lowest BCUT2D eigenvalue weighted by Gasteiger charge is -2.22. The maximum absolute atomic E-state index is 5.37. The van der Waals surface area contributed by atoms with E-state index in [1.807, 2.05) is 54.8 Å². The van der Waals surface area contributed by atoms with Crippen LogP contribution in [0.25, 0.3) is 11.5 Å². The van der Waals surface area contributed by atoms with Crippen LogP contribution in [-0.2, 0) is 6.54 Å². The van der Waals surface area contributed by atoms with Gasteiger partial charge in [-0.2, -0.15) is 4.98 Å². The summed E-state index contributed by atoms with van der Waals surface area (Å²) in [4.78, 5) is 10.3. The molecule has 1 atom stereocenters. The second-order valence-electron chi connectivity index (χ2n) is 6.22. The molecule has 0 radical (unpaired) electrons. The minimum absolute atomic E-state index is 0.0282. The van der Waals surface area contributed by atoms with Gasteiger partial charge in [-0.15, -0.1) is 11.3 Å². The molecule has 1 aromatic carbocycles. The van der Waals surface area contributed by atoms with Gasteiger partial charge in [-0.1, -0.05) is 29.8 Å². The molecule has 1 fully saturated rings. The molecule has 0 spiro atoms. The summed E-state index contributed by atoms with van der Waals surface area (Å²) in [6, 6.07) is 9.86. The van der Waals surface area contributed by atoms with Gasteiger partial charge in [-0.05, 0) is 31.9 Å². The Morgan fingerprint density at radius 2 is 2.12 bits per heavy atom. The maximum Gasteiger partial charge on any atom is 0.257 e. The number of hydrogen-bond acceptors (Lipinski definition) is 6. The zero-order valence-electron chi connectivity index (χ0n) is 13.6. The Kier molecular flexibility index (Phi) is 4.40. The predicted octanol–water partition coefficient (Wildman–Crippen LogP) is 4.31. The van der Waals surface area contributed by atoms with Crippen LogP contribution in [0.3, 0.4) is 0 Å². The van der Waals surface area contributed by atoms with E-state index in [1.165, 1.54) is 29.1 Å². The van der Waals surface area contributed by atoms with Crippen LogP contribution in [0.1, 0.15) is 53.9 Å². The first kappa shape index (κ1) is 15.5. The van der Waals surface area contributed by atoms with Crippen LogP contribution in [0.2, 0.25) is 0 Å². The Morgan fingerprint density at radius 1 is 1.29 bits per heavy atom. The van der Waals surface area contributed by atoms with Gasteiger partial charge in [0.15, 0.2) is 5.82 Å². The van der Waals surface area contributed by atoms with Crippen molar-refractivity contribution in [1.29, 1.82) is 0 Å². The lowest BCUT2D eigenvalue weighted by Crippen LogP contribution is -2.18. The molecule has 3 aromatic rings. The van der Waals surface area contributed by atoms with Crippen molar-refractivity contribution >= 4 is 11.3 Å². The van der Waals surface area contributed by atoms with Crippen LogP contribution in [0.15, 0.2) is 41.1 Å². The zero-order valence-corrected chi connectivity index (χ0v) is 14.4. The Labute approximate surface area is 145 Å². The van der Waals surface area contributed by atoms with E-state index in [0.717, 1.165) is 12.1 Å². The van der Waals surface area contributed by atoms with Crippen LogP contribution in [0.5, 0.6) is 0 Å². The Bertz CT molecular complexity index is 794.